The number of benzene rings is 1. The fourth-order valence-electron chi connectivity index (χ4n) is 3.38. The average Bonchev–Trinajstić information content (AvgIpc) is 3.20. The molecule has 6 nitrogen and oxygen atoms in total. The van der Waals surface area contributed by atoms with Gasteiger partial charge in [-0.1, -0.05) is 6.07 Å². The second-order valence-corrected chi connectivity index (χ2v) is 6.85. The highest BCUT2D eigenvalue weighted by molar-refractivity contribution is 14.0. The third-order valence-corrected chi connectivity index (χ3v) is 4.83. The molecule has 1 aliphatic rings. The molecule has 7 heteroatoms. The molecular weight excluding hydrogens is 467 g/mol. The number of nitrogens with zero attached hydrogens (tertiary/aromatic N) is 2. The summed E-state index contributed by atoms with van der Waals surface area (Å²) in [5.74, 6) is 2.50. The number of guanidine groups is 1. The number of hydrogen-bond acceptors (Lipinski definition) is 4. The van der Waals surface area contributed by atoms with Crippen molar-refractivity contribution in [2.24, 2.45) is 4.99 Å². The largest absolute Gasteiger partial charge is 0.493 e. The number of aliphatic imine (C=N–C) groups is 1. The van der Waals surface area contributed by atoms with E-state index >= 15 is 0 Å². The van der Waals surface area contributed by atoms with Gasteiger partial charge >= 0.3 is 0 Å². The Labute approximate surface area is 187 Å². The summed E-state index contributed by atoms with van der Waals surface area (Å²) in [6.07, 6.45) is 5.90. The Morgan fingerprint density at radius 2 is 1.82 bits per heavy atom. The van der Waals surface area contributed by atoms with E-state index in [0.29, 0.717) is 6.61 Å². The SMILES string of the molecule is CCOc1cc(CCCNC(=NC)NCCCN2CCCC2)ccc1OC.I. The third-order valence-electron chi connectivity index (χ3n) is 4.83. The van der Waals surface area contributed by atoms with E-state index in [-0.39, 0.29) is 24.0 Å². The van der Waals surface area contributed by atoms with Crippen LogP contribution in [0.2, 0.25) is 0 Å². The molecule has 0 spiro atoms. The van der Waals surface area contributed by atoms with Gasteiger partial charge in [0, 0.05) is 20.1 Å². The highest BCUT2D eigenvalue weighted by Gasteiger charge is 2.10. The molecule has 1 aliphatic heterocycles. The zero-order valence-corrected chi connectivity index (χ0v) is 20.0. The molecule has 1 aromatic rings. The van der Waals surface area contributed by atoms with Gasteiger partial charge in [-0.3, -0.25) is 4.99 Å². The van der Waals surface area contributed by atoms with E-state index in [4.69, 9.17) is 9.47 Å². The van der Waals surface area contributed by atoms with Crippen LogP contribution in [0.25, 0.3) is 0 Å². The Kier molecular flexibility index (Phi) is 13.1. The lowest BCUT2D eigenvalue weighted by Crippen LogP contribution is -2.39. The van der Waals surface area contributed by atoms with Gasteiger partial charge < -0.3 is 25.0 Å². The summed E-state index contributed by atoms with van der Waals surface area (Å²) in [6.45, 7) is 8.20. The molecule has 0 saturated carbocycles. The minimum absolute atomic E-state index is 0. The molecule has 1 fully saturated rings. The summed E-state index contributed by atoms with van der Waals surface area (Å²) in [5.41, 5.74) is 1.26. The van der Waals surface area contributed by atoms with Crippen molar-refractivity contribution in [2.75, 3.05) is 53.5 Å². The standard InChI is InChI=1S/C21H36N4O2.HI/c1-4-27-20-17-18(10-11-19(20)26-3)9-7-12-23-21(22-2)24-13-8-16-25-14-5-6-15-25;/h10-11,17H,4-9,12-16H2,1-3H3,(H2,22,23,24);1H. The van der Waals surface area contributed by atoms with Gasteiger partial charge in [-0.05, 0) is 76.4 Å². The van der Waals surface area contributed by atoms with Crippen molar-refractivity contribution in [3.63, 3.8) is 0 Å². The lowest BCUT2D eigenvalue weighted by atomic mass is 10.1. The van der Waals surface area contributed by atoms with Gasteiger partial charge in [0.1, 0.15) is 0 Å². The fraction of sp³-hybridized carbons (Fsp3) is 0.667. The molecule has 1 heterocycles. The fourth-order valence-corrected chi connectivity index (χ4v) is 3.38. The van der Waals surface area contributed by atoms with Crippen molar-refractivity contribution in [1.82, 2.24) is 15.5 Å². The monoisotopic (exact) mass is 504 g/mol. The van der Waals surface area contributed by atoms with Gasteiger partial charge in [-0.15, -0.1) is 24.0 Å². The first-order valence-electron chi connectivity index (χ1n) is 10.2. The van der Waals surface area contributed by atoms with Crippen molar-refractivity contribution in [1.29, 1.82) is 0 Å². The number of rotatable bonds is 11. The number of halogens is 1. The number of likely N-dealkylation sites (tertiary alicyclic amines) is 1. The number of aryl methyl sites for hydroxylation is 1. The van der Waals surface area contributed by atoms with E-state index in [1.165, 1.54) is 38.0 Å². The van der Waals surface area contributed by atoms with Crippen LogP contribution in [0.5, 0.6) is 11.5 Å². The summed E-state index contributed by atoms with van der Waals surface area (Å²) in [5, 5.41) is 6.81. The van der Waals surface area contributed by atoms with Crippen molar-refractivity contribution >= 4 is 29.9 Å². The number of ether oxygens (including phenoxy) is 2. The number of methoxy groups -OCH3 is 1. The summed E-state index contributed by atoms with van der Waals surface area (Å²) < 4.78 is 11.0. The predicted molar refractivity (Wildman–Crippen MR) is 128 cm³/mol. The van der Waals surface area contributed by atoms with Crippen LogP contribution in [0.3, 0.4) is 0 Å². The van der Waals surface area contributed by atoms with Gasteiger partial charge in [0.2, 0.25) is 0 Å². The molecule has 0 bridgehead atoms. The lowest BCUT2D eigenvalue weighted by Gasteiger charge is -2.16. The van der Waals surface area contributed by atoms with Crippen LogP contribution in [0.4, 0.5) is 0 Å². The summed E-state index contributed by atoms with van der Waals surface area (Å²) in [7, 11) is 3.50. The Morgan fingerprint density at radius 1 is 1.11 bits per heavy atom. The van der Waals surface area contributed by atoms with E-state index in [1.807, 2.05) is 20.0 Å². The highest BCUT2D eigenvalue weighted by Crippen LogP contribution is 2.28. The topological polar surface area (TPSA) is 58.1 Å². The van der Waals surface area contributed by atoms with Crippen molar-refractivity contribution in [3.8, 4) is 11.5 Å². The minimum Gasteiger partial charge on any atom is -0.493 e. The van der Waals surface area contributed by atoms with Gasteiger partial charge in [-0.2, -0.15) is 0 Å². The molecule has 28 heavy (non-hydrogen) atoms. The Balaban J connectivity index is 0.00000392. The van der Waals surface area contributed by atoms with E-state index in [0.717, 1.165) is 49.8 Å². The van der Waals surface area contributed by atoms with Gasteiger partial charge in [0.05, 0.1) is 13.7 Å². The third kappa shape index (κ3) is 8.86. The Morgan fingerprint density at radius 3 is 2.46 bits per heavy atom. The molecule has 0 amide bonds. The second-order valence-electron chi connectivity index (χ2n) is 6.85. The molecule has 1 saturated heterocycles. The van der Waals surface area contributed by atoms with Crippen LogP contribution >= 0.6 is 24.0 Å². The molecule has 0 unspecified atom stereocenters. The summed E-state index contributed by atoms with van der Waals surface area (Å²) >= 11 is 0. The molecule has 160 valence electrons. The maximum Gasteiger partial charge on any atom is 0.190 e. The van der Waals surface area contributed by atoms with E-state index in [1.54, 1.807) is 7.11 Å². The van der Waals surface area contributed by atoms with Crippen LogP contribution in [0, 0.1) is 0 Å². The maximum atomic E-state index is 5.65. The number of hydrogen-bond donors (Lipinski definition) is 2. The number of nitrogens with one attached hydrogen (secondary N) is 2. The van der Waals surface area contributed by atoms with Gasteiger partial charge in [0.25, 0.3) is 0 Å². The van der Waals surface area contributed by atoms with Crippen molar-refractivity contribution < 1.29 is 9.47 Å². The van der Waals surface area contributed by atoms with Gasteiger partial charge in [-0.25, -0.2) is 0 Å². The summed E-state index contributed by atoms with van der Waals surface area (Å²) in [6, 6.07) is 6.16. The van der Waals surface area contributed by atoms with Crippen LogP contribution in [0.15, 0.2) is 23.2 Å². The Hall–Kier alpha value is -1.22. The molecule has 1 aromatic carbocycles. The molecule has 0 aromatic heterocycles. The molecule has 2 rings (SSSR count). The maximum absolute atomic E-state index is 5.65. The molecular formula is C21H37IN4O2. The van der Waals surface area contributed by atoms with E-state index in [9.17, 15) is 0 Å². The zero-order valence-electron chi connectivity index (χ0n) is 17.6. The van der Waals surface area contributed by atoms with Gasteiger partial charge in [0.15, 0.2) is 17.5 Å². The second kappa shape index (κ2) is 14.7. The summed E-state index contributed by atoms with van der Waals surface area (Å²) in [4.78, 5) is 6.85. The highest BCUT2D eigenvalue weighted by atomic mass is 127. The van der Waals surface area contributed by atoms with Crippen molar-refractivity contribution in [3.05, 3.63) is 23.8 Å². The minimum atomic E-state index is 0. The predicted octanol–water partition coefficient (Wildman–Crippen LogP) is 3.30. The molecule has 0 atom stereocenters. The molecule has 2 N–H and O–H groups in total. The first-order chi connectivity index (χ1) is 13.3. The molecule has 0 aliphatic carbocycles. The first kappa shape index (κ1) is 24.8. The van der Waals surface area contributed by atoms with E-state index in [2.05, 4.69) is 32.7 Å². The van der Waals surface area contributed by atoms with Crippen LogP contribution in [0.1, 0.15) is 38.2 Å². The zero-order chi connectivity index (χ0) is 19.3. The molecule has 0 radical (unpaired) electrons. The lowest BCUT2D eigenvalue weighted by molar-refractivity contribution is 0.310. The first-order valence-corrected chi connectivity index (χ1v) is 10.2. The van der Waals surface area contributed by atoms with Crippen LogP contribution in [-0.2, 0) is 6.42 Å². The normalized spacial score (nSPS) is 14.5. The Bertz CT molecular complexity index is 578. The smallest absolute Gasteiger partial charge is 0.190 e. The van der Waals surface area contributed by atoms with Crippen molar-refractivity contribution in [2.45, 2.75) is 39.0 Å². The van der Waals surface area contributed by atoms with Crippen LogP contribution in [-0.4, -0.2) is 64.3 Å². The van der Waals surface area contributed by atoms with E-state index < -0.39 is 0 Å². The van der Waals surface area contributed by atoms with Crippen LogP contribution < -0.4 is 20.1 Å². The quantitative estimate of drug-likeness (QED) is 0.210. The average molecular weight is 504 g/mol.